The van der Waals surface area contributed by atoms with Crippen molar-refractivity contribution in [3.63, 3.8) is 0 Å². The molecule has 3 rings (SSSR count). The average molecular weight is 343 g/mol. The number of amides is 1. The summed E-state index contributed by atoms with van der Waals surface area (Å²) in [6, 6.07) is 12.3. The van der Waals surface area contributed by atoms with E-state index in [0.29, 0.717) is 43.9 Å². The summed E-state index contributed by atoms with van der Waals surface area (Å²) in [6.45, 7) is 2.93. The topological polar surface area (TPSA) is 66.7 Å². The summed E-state index contributed by atoms with van der Waals surface area (Å²) < 4.78 is 13.7. The fourth-order valence-electron chi connectivity index (χ4n) is 2.88. The van der Waals surface area contributed by atoms with Crippen molar-refractivity contribution in [2.75, 3.05) is 26.2 Å². The molecule has 1 fully saturated rings. The summed E-state index contributed by atoms with van der Waals surface area (Å²) in [7, 11) is 0. The van der Waals surface area contributed by atoms with Gasteiger partial charge in [-0.2, -0.15) is 0 Å². The maximum atomic E-state index is 13.7. The zero-order valence-electron chi connectivity index (χ0n) is 13.6. The van der Waals surface area contributed by atoms with Crippen molar-refractivity contribution >= 4 is 11.6 Å². The summed E-state index contributed by atoms with van der Waals surface area (Å²) in [6.07, 6.45) is 0. The first-order valence-electron chi connectivity index (χ1n) is 8.04. The van der Waals surface area contributed by atoms with E-state index in [1.165, 1.54) is 30.3 Å². The van der Waals surface area contributed by atoms with Crippen LogP contribution in [0.15, 0.2) is 48.5 Å². The van der Waals surface area contributed by atoms with E-state index < -0.39 is 4.92 Å². The van der Waals surface area contributed by atoms with Crippen molar-refractivity contribution in [3.05, 3.63) is 75.6 Å². The molecule has 0 unspecified atom stereocenters. The second kappa shape index (κ2) is 7.40. The smallest absolute Gasteiger partial charge is 0.269 e. The van der Waals surface area contributed by atoms with Crippen LogP contribution in [-0.4, -0.2) is 46.8 Å². The molecule has 0 radical (unpaired) electrons. The highest BCUT2D eigenvalue weighted by atomic mass is 19.1. The Morgan fingerprint density at radius 2 is 1.68 bits per heavy atom. The number of carbonyl (C=O) groups is 1. The van der Waals surface area contributed by atoms with Crippen LogP contribution in [-0.2, 0) is 6.54 Å². The van der Waals surface area contributed by atoms with E-state index in [2.05, 4.69) is 4.90 Å². The minimum atomic E-state index is -0.490. The molecule has 1 aliphatic heterocycles. The monoisotopic (exact) mass is 343 g/mol. The van der Waals surface area contributed by atoms with Crippen LogP contribution >= 0.6 is 0 Å². The molecule has 6 nitrogen and oxygen atoms in total. The van der Waals surface area contributed by atoms with Crippen molar-refractivity contribution in [1.82, 2.24) is 9.80 Å². The third-order valence-corrected chi connectivity index (χ3v) is 4.34. The molecule has 7 heteroatoms. The average Bonchev–Trinajstić information content (AvgIpc) is 2.64. The minimum Gasteiger partial charge on any atom is -0.336 e. The van der Waals surface area contributed by atoms with Crippen molar-refractivity contribution in [3.8, 4) is 0 Å². The number of nitro groups is 1. The minimum absolute atomic E-state index is 0.0359. The Kier molecular flexibility index (Phi) is 5.04. The Bertz CT molecular complexity index is 771. The lowest BCUT2D eigenvalue weighted by Gasteiger charge is -2.34. The highest BCUT2D eigenvalue weighted by molar-refractivity contribution is 5.94. The second-order valence-electron chi connectivity index (χ2n) is 5.96. The Labute approximate surface area is 144 Å². The van der Waals surface area contributed by atoms with Gasteiger partial charge in [-0.15, -0.1) is 0 Å². The normalized spacial score (nSPS) is 15.2. The predicted molar refractivity (Wildman–Crippen MR) is 90.7 cm³/mol. The molecule has 0 spiro atoms. The molecule has 1 amide bonds. The SMILES string of the molecule is O=C(c1ccc([N+](=O)[O-])cc1)N1CCN(Cc2ccccc2F)CC1. The van der Waals surface area contributed by atoms with Crippen molar-refractivity contribution in [2.45, 2.75) is 6.54 Å². The standard InChI is InChI=1S/C18H18FN3O3/c19-17-4-2-1-3-15(17)13-20-9-11-21(12-10-20)18(23)14-5-7-16(8-6-14)22(24)25/h1-8H,9-13H2. The molecule has 0 saturated carbocycles. The molecule has 2 aromatic carbocycles. The van der Waals surface area contributed by atoms with Gasteiger partial charge in [0.15, 0.2) is 0 Å². The molecule has 25 heavy (non-hydrogen) atoms. The van der Waals surface area contributed by atoms with Crippen LogP contribution in [0.3, 0.4) is 0 Å². The number of nitro benzene ring substituents is 1. The van der Waals surface area contributed by atoms with Crippen LogP contribution in [0.1, 0.15) is 15.9 Å². The zero-order valence-corrected chi connectivity index (χ0v) is 13.6. The molecule has 0 N–H and O–H groups in total. The van der Waals surface area contributed by atoms with E-state index in [9.17, 15) is 19.3 Å². The summed E-state index contributed by atoms with van der Waals surface area (Å²) in [5.41, 5.74) is 1.05. The summed E-state index contributed by atoms with van der Waals surface area (Å²) in [5, 5.41) is 10.7. The molecular formula is C18H18FN3O3. The van der Waals surface area contributed by atoms with Gasteiger partial charge < -0.3 is 4.90 Å². The van der Waals surface area contributed by atoms with Crippen molar-refractivity contribution in [1.29, 1.82) is 0 Å². The van der Waals surface area contributed by atoms with Crippen LogP contribution < -0.4 is 0 Å². The van der Waals surface area contributed by atoms with Gasteiger partial charge in [-0.3, -0.25) is 19.8 Å². The first-order chi connectivity index (χ1) is 12.0. The van der Waals surface area contributed by atoms with Gasteiger partial charge in [0.2, 0.25) is 0 Å². The number of non-ortho nitro benzene ring substituents is 1. The number of hydrogen-bond acceptors (Lipinski definition) is 4. The zero-order chi connectivity index (χ0) is 17.8. The van der Waals surface area contributed by atoms with E-state index in [1.807, 2.05) is 6.07 Å². The third-order valence-electron chi connectivity index (χ3n) is 4.34. The molecule has 0 aromatic heterocycles. The number of rotatable bonds is 4. The quantitative estimate of drug-likeness (QED) is 0.632. The van der Waals surface area contributed by atoms with Crippen LogP contribution in [0.2, 0.25) is 0 Å². The third kappa shape index (κ3) is 4.00. The second-order valence-corrected chi connectivity index (χ2v) is 5.96. The van der Waals surface area contributed by atoms with E-state index in [1.54, 1.807) is 17.0 Å². The lowest BCUT2D eigenvalue weighted by molar-refractivity contribution is -0.384. The van der Waals surface area contributed by atoms with Crippen LogP contribution in [0.25, 0.3) is 0 Å². The van der Waals surface area contributed by atoms with E-state index in [0.717, 1.165) is 0 Å². The summed E-state index contributed by atoms with van der Waals surface area (Å²) >= 11 is 0. The number of carbonyl (C=O) groups excluding carboxylic acids is 1. The lowest BCUT2D eigenvalue weighted by Crippen LogP contribution is -2.48. The molecule has 130 valence electrons. The molecule has 1 heterocycles. The summed E-state index contributed by atoms with van der Waals surface area (Å²) in [4.78, 5) is 26.5. The number of hydrogen-bond donors (Lipinski definition) is 0. The van der Waals surface area contributed by atoms with E-state index >= 15 is 0 Å². The highest BCUT2D eigenvalue weighted by Crippen LogP contribution is 2.16. The largest absolute Gasteiger partial charge is 0.336 e. The van der Waals surface area contributed by atoms with Gasteiger partial charge in [0.1, 0.15) is 5.82 Å². The number of halogens is 1. The van der Waals surface area contributed by atoms with E-state index in [4.69, 9.17) is 0 Å². The molecular weight excluding hydrogens is 325 g/mol. The molecule has 2 aromatic rings. The maximum absolute atomic E-state index is 13.7. The van der Waals surface area contributed by atoms with Gasteiger partial charge in [0.25, 0.3) is 11.6 Å². The number of benzene rings is 2. The van der Waals surface area contributed by atoms with Gasteiger partial charge >= 0.3 is 0 Å². The lowest BCUT2D eigenvalue weighted by atomic mass is 10.1. The Hall–Kier alpha value is -2.80. The molecule has 1 aliphatic rings. The number of nitrogens with zero attached hydrogens (tertiary/aromatic N) is 3. The van der Waals surface area contributed by atoms with Gasteiger partial charge in [0.05, 0.1) is 4.92 Å². The fraction of sp³-hybridized carbons (Fsp3) is 0.278. The highest BCUT2D eigenvalue weighted by Gasteiger charge is 2.23. The molecule has 1 saturated heterocycles. The molecule has 0 aliphatic carbocycles. The summed E-state index contributed by atoms with van der Waals surface area (Å²) in [5.74, 6) is -0.354. The van der Waals surface area contributed by atoms with Gasteiger partial charge in [-0.25, -0.2) is 4.39 Å². The van der Waals surface area contributed by atoms with Crippen LogP contribution in [0, 0.1) is 15.9 Å². The van der Waals surface area contributed by atoms with E-state index in [-0.39, 0.29) is 17.4 Å². The Morgan fingerprint density at radius 3 is 2.28 bits per heavy atom. The van der Waals surface area contributed by atoms with Gasteiger partial charge in [-0.05, 0) is 18.2 Å². The van der Waals surface area contributed by atoms with Crippen molar-refractivity contribution < 1.29 is 14.1 Å². The molecule has 0 atom stereocenters. The number of piperazine rings is 1. The maximum Gasteiger partial charge on any atom is 0.269 e. The first kappa shape index (κ1) is 17.0. The Balaban J connectivity index is 1.57. The first-order valence-corrected chi connectivity index (χ1v) is 8.04. The fourth-order valence-corrected chi connectivity index (χ4v) is 2.88. The molecule has 0 bridgehead atoms. The Morgan fingerprint density at radius 1 is 1.04 bits per heavy atom. The van der Waals surface area contributed by atoms with Gasteiger partial charge in [0, 0.05) is 56.0 Å². The van der Waals surface area contributed by atoms with Crippen LogP contribution in [0.4, 0.5) is 10.1 Å². The van der Waals surface area contributed by atoms with Gasteiger partial charge in [-0.1, -0.05) is 18.2 Å². The predicted octanol–water partition coefficient (Wildman–Crippen LogP) is 2.69. The van der Waals surface area contributed by atoms with Crippen molar-refractivity contribution in [2.24, 2.45) is 0 Å². The van der Waals surface area contributed by atoms with Crippen LogP contribution in [0.5, 0.6) is 0 Å².